The SMILES string of the molecule is C=CC1(O)CC(C(=O)NC)(c2cccc(-c3cc(-c4ccnn4C(C)C)c4c(N)ncnn34)c2)C1. The molecule has 180 valence electrons. The van der Waals surface area contributed by atoms with Crippen molar-refractivity contribution in [2.24, 2.45) is 0 Å². The second-order valence-corrected chi connectivity index (χ2v) is 9.51. The predicted molar refractivity (Wildman–Crippen MR) is 135 cm³/mol. The van der Waals surface area contributed by atoms with Crippen molar-refractivity contribution in [3.63, 3.8) is 0 Å². The minimum Gasteiger partial charge on any atom is -0.386 e. The van der Waals surface area contributed by atoms with Gasteiger partial charge in [0.15, 0.2) is 5.82 Å². The van der Waals surface area contributed by atoms with Crippen LogP contribution in [0.5, 0.6) is 0 Å². The van der Waals surface area contributed by atoms with Crippen molar-refractivity contribution in [2.75, 3.05) is 12.8 Å². The van der Waals surface area contributed by atoms with Crippen LogP contribution in [0.1, 0.15) is 38.3 Å². The molecule has 0 radical (unpaired) electrons. The molecule has 9 heteroatoms. The van der Waals surface area contributed by atoms with Gasteiger partial charge < -0.3 is 16.2 Å². The molecule has 35 heavy (non-hydrogen) atoms. The van der Waals surface area contributed by atoms with Crippen LogP contribution in [-0.4, -0.2) is 48.0 Å². The number of carbonyl (C=O) groups excluding carboxylic acids is 1. The van der Waals surface area contributed by atoms with Crippen molar-refractivity contribution < 1.29 is 9.90 Å². The Labute approximate surface area is 203 Å². The Balaban J connectivity index is 1.68. The minimum absolute atomic E-state index is 0.130. The molecule has 1 saturated carbocycles. The molecule has 1 aliphatic rings. The van der Waals surface area contributed by atoms with Gasteiger partial charge in [0.25, 0.3) is 0 Å². The summed E-state index contributed by atoms with van der Waals surface area (Å²) in [7, 11) is 1.61. The molecule has 3 aromatic heterocycles. The van der Waals surface area contributed by atoms with Crippen LogP contribution < -0.4 is 11.1 Å². The number of likely N-dealkylation sites (N-methyl/N-ethyl adjacent to an activating group) is 1. The van der Waals surface area contributed by atoms with Gasteiger partial charge in [0.05, 0.1) is 22.4 Å². The number of nitrogens with two attached hydrogens (primary N) is 1. The zero-order valence-corrected chi connectivity index (χ0v) is 20.1. The van der Waals surface area contributed by atoms with Gasteiger partial charge in [-0.1, -0.05) is 24.3 Å². The van der Waals surface area contributed by atoms with Crippen LogP contribution in [0.2, 0.25) is 0 Å². The molecular formula is C26H29N7O2. The molecule has 0 spiro atoms. The predicted octanol–water partition coefficient (Wildman–Crippen LogP) is 3.12. The number of amides is 1. The molecular weight excluding hydrogens is 442 g/mol. The molecule has 0 unspecified atom stereocenters. The first-order chi connectivity index (χ1) is 16.7. The maximum atomic E-state index is 13.0. The fourth-order valence-electron chi connectivity index (χ4n) is 5.26. The maximum Gasteiger partial charge on any atom is 0.230 e. The van der Waals surface area contributed by atoms with E-state index in [1.807, 2.05) is 41.1 Å². The maximum absolute atomic E-state index is 13.0. The quantitative estimate of drug-likeness (QED) is 0.371. The van der Waals surface area contributed by atoms with E-state index in [1.165, 1.54) is 12.4 Å². The second-order valence-electron chi connectivity index (χ2n) is 9.51. The molecule has 4 N–H and O–H groups in total. The Morgan fingerprint density at radius 1 is 1.23 bits per heavy atom. The van der Waals surface area contributed by atoms with Crippen LogP contribution in [0, 0.1) is 0 Å². The fraction of sp³-hybridized carbons (Fsp3) is 0.308. The summed E-state index contributed by atoms with van der Waals surface area (Å²) in [6.45, 7) is 7.87. The molecule has 5 rings (SSSR count). The smallest absolute Gasteiger partial charge is 0.230 e. The number of hydrogen-bond donors (Lipinski definition) is 3. The Morgan fingerprint density at radius 2 is 2.00 bits per heavy atom. The van der Waals surface area contributed by atoms with Crippen LogP contribution >= 0.6 is 0 Å². The number of nitrogens with one attached hydrogen (secondary N) is 1. The Hall–Kier alpha value is -3.98. The fourth-order valence-corrected chi connectivity index (χ4v) is 5.26. The topological polar surface area (TPSA) is 123 Å². The lowest BCUT2D eigenvalue weighted by Gasteiger charge is -2.51. The lowest BCUT2D eigenvalue weighted by atomic mass is 9.55. The third-order valence-corrected chi connectivity index (χ3v) is 6.99. The van der Waals surface area contributed by atoms with E-state index < -0.39 is 11.0 Å². The monoisotopic (exact) mass is 471 g/mol. The number of hydrogen-bond acceptors (Lipinski definition) is 6. The summed E-state index contributed by atoms with van der Waals surface area (Å²) in [6, 6.07) is 11.9. The molecule has 1 aromatic carbocycles. The highest BCUT2D eigenvalue weighted by Crippen LogP contribution is 2.51. The van der Waals surface area contributed by atoms with E-state index >= 15 is 0 Å². The van der Waals surface area contributed by atoms with Crippen LogP contribution in [0.25, 0.3) is 28.0 Å². The summed E-state index contributed by atoms with van der Waals surface area (Å²) >= 11 is 0. The highest BCUT2D eigenvalue weighted by Gasteiger charge is 2.57. The Bertz CT molecular complexity index is 1440. The van der Waals surface area contributed by atoms with Crippen molar-refractivity contribution in [3.8, 4) is 22.5 Å². The summed E-state index contributed by atoms with van der Waals surface area (Å²) < 4.78 is 3.72. The molecule has 1 aliphatic carbocycles. The average Bonchev–Trinajstić information content (AvgIpc) is 3.47. The standard InChI is InChI=1S/C26H29N7O2/c1-5-25(35)13-26(14-25,24(34)28-4)18-8-6-7-17(11-18)21-12-19(20-9-10-30-32(20)16(2)3)22-23(27)29-15-31-33(21)22/h5-12,15-16,35H,1,13-14H2,2-4H3,(H,28,34)(H2,27,29,31). The van der Waals surface area contributed by atoms with Gasteiger partial charge in [-0.05, 0) is 50.5 Å². The average molecular weight is 472 g/mol. The summed E-state index contributed by atoms with van der Waals surface area (Å²) in [5.74, 6) is 0.236. The third kappa shape index (κ3) is 3.42. The van der Waals surface area contributed by atoms with Gasteiger partial charge in [0.1, 0.15) is 11.8 Å². The highest BCUT2D eigenvalue weighted by atomic mass is 16.3. The van der Waals surface area contributed by atoms with Gasteiger partial charge in [-0.3, -0.25) is 9.48 Å². The lowest BCUT2D eigenvalue weighted by molar-refractivity contribution is -0.140. The molecule has 4 aromatic rings. The van der Waals surface area contributed by atoms with Crippen molar-refractivity contribution in [1.82, 2.24) is 29.7 Å². The molecule has 3 heterocycles. The molecule has 1 fully saturated rings. The number of fused-ring (bicyclic) bond motifs is 1. The van der Waals surface area contributed by atoms with Crippen LogP contribution in [0.4, 0.5) is 5.82 Å². The van der Waals surface area contributed by atoms with E-state index in [4.69, 9.17) is 5.73 Å². The van der Waals surface area contributed by atoms with Gasteiger partial charge in [0.2, 0.25) is 5.91 Å². The first-order valence-corrected chi connectivity index (χ1v) is 11.6. The van der Waals surface area contributed by atoms with Crippen molar-refractivity contribution in [2.45, 2.75) is 43.7 Å². The van der Waals surface area contributed by atoms with E-state index in [-0.39, 0.29) is 24.8 Å². The van der Waals surface area contributed by atoms with E-state index in [2.05, 4.69) is 40.9 Å². The summed E-state index contributed by atoms with van der Waals surface area (Å²) in [6.07, 6.45) is 5.26. The highest BCUT2D eigenvalue weighted by molar-refractivity contribution is 5.92. The van der Waals surface area contributed by atoms with Gasteiger partial charge in [-0.15, -0.1) is 6.58 Å². The van der Waals surface area contributed by atoms with Crippen LogP contribution in [-0.2, 0) is 10.2 Å². The van der Waals surface area contributed by atoms with Crippen molar-refractivity contribution in [1.29, 1.82) is 0 Å². The molecule has 0 saturated heterocycles. The van der Waals surface area contributed by atoms with E-state index in [0.29, 0.717) is 11.3 Å². The molecule has 9 nitrogen and oxygen atoms in total. The van der Waals surface area contributed by atoms with Gasteiger partial charge >= 0.3 is 0 Å². The van der Waals surface area contributed by atoms with Gasteiger partial charge in [-0.25, -0.2) is 9.50 Å². The largest absolute Gasteiger partial charge is 0.386 e. The number of carbonyl (C=O) groups is 1. The van der Waals surface area contributed by atoms with E-state index in [0.717, 1.165) is 28.1 Å². The van der Waals surface area contributed by atoms with Gasteiger partial charge in [-0.2, -0.15) is 10.2 Å². The number of aromatic nitrogens is 5. The van der Waals surface area contributed by atoms with Crippen LogP contribution in [0.3, 0.4) is 0 Å². The molecule has 0 atom stereocenters. The van der Waals surface area contributed by atoms with Crippen LogP contribution in [0.15, 0.2) is 61.6 Å². The first-order valence-electron chi connectivity index (χ1n) is 11.6. The van der Waals surface area contributed by atoms with Crippen molar-refractivity contribution >= 4 is 17.2 Å². The lowest BCUT2D eigenvalue weighted by Crippen LogP contribution is -2.60. The Kier molecular flexibility index (Phi) is 5.25. The summed E-state index contributed by atoms with van der Waals surface area (Å²) in [5.41, 5.74) is 9.42. The number of rotatable bonds is 6. The van der Waals surface area contributed by atoms with E-state index in [9.17, 15) is 9.90 Å². The molecule has 1 amide bonds. The zero-order chi connectivity index (χ0) is 25.0. The zero-order valence-electron chi connectivity index (χ0n) is 20.1. The number of nitrogens with zero attached hydrogens (tertiary/aromatic N) is 5. The van der Waals surface area contributed by atoms with Gasteiger partial charge in [0, 0.05) is 30.4 Å². The van der Waals surface area contributed by atoms with Crippen molar-refractivity contribution in [3.05, 3.63) is 67.1 Å². The number of benzene rings is 1. The first kappa shape index (κ1) is 22.8. The summed E-state index contributed by atoms with van der Waals surface area (Å²) in [5, 5.41) is 22.4. The third-order valence-electron chi connectivity index (χ3n) is 6.99. The number of aliphatic hydroxyl groups is 1. The minimum atomic E-state index is -1.06. The summed E-state index contributed by atoms with van der Waals surface area (Å²) in [4.78, 5) is 17.2. The van der Waals surface area contributed by atoms with E-state index in [1.54, 1.807) is 17.8 Å². The second kappa shape index (κ2) is 8.06. The normalized spacial score (nSPS) is 21.7. The molecule has 0 aliphatic heterocycles. The Morgan fingerprint density at radius 3 is 2.69 bits per heavy atom. The number of anilines is 1. The number of nitrogen functional groups attached to an aromatic ring is 1. The molecule has 0 bridgehead atoms.